The summed E-state index contributed by atoms with van der Waals surface area (Å²) in [7, 11) is -3.90. The molecular formula is C24H27ClFN3O5S2. The molecule has 0 aliphatic carbocycles. The minimum atomic E-state index is -3.90. The number of hydrogen-bond donors (Lipinski definition) is 1. The quantitative estimate of drug-likeness (QED) is 0.585. The molecule has 1 fully saturated rings. The van der Waals surface area contributed by atoms with Gasteiger partial charge in [-0.25, -0.2) is 17.6 Å². The molecule has 1 aromatic heterocycles. The van der Waals surface area contributed by atoms with Crippen LogP contribution in [0.4, 0.5) is 14.9 Å². The largest absolute Gasteiger partial charge is 0.444 e. The molecule has 8 nitrogen and oxygen atoms in total. The number of ether oxygens (including phenoxy) is 1. The fraction of sp³-hybridized carbons (Fsp3) is 0.417. The number of carbonyl (C=O) groups is 2. The van der Waals surface area contributed by atoms with Crippen molar-refractivity contribution in [2.75, 3.05) is 18.0 Å². The van der Waals surface area contributed by atoms with Crippen LogP contribution in [0.25, 0.3) is 6.08 Å². The molecule has 36 heavy (non-hydrogen) atoms. The van der Waals surface area contributed by atoms with Gasteiger partial charge >= 0.3 is 6.09 Å². The standard InChI is InChI=1S/C24H27ClFN3O5S2/c1-24(2,3)34-23(31)28-11-8-17-15(14-28)4-6-19(21(17)26)29-12-9-18(22(29)30)27-36(32,33)13-10-16-5-7-20(25)35-16/h4-7,10,13,18,27H,8-9,11-12,14H2,1-3H3/t18-/m0/s1. The first-order valence-corrected chi connectivity index (χ1v) is 14.1. The summed E-state index contributed by atoms with van der Waals surface area (Å²) >= 11 is 7.08. The van der Waals surface area contributed by atoms with Gasteiger partial charge in [-0.05, 0) is 69.0 Å². The van der Waals surface area contributed by atoms with Gasteiger partial charge in [-0.2, -0.15) is 4.72 Å². The molecule has 0 radical (unpaired) electrons. The Morgan fingerprint density at radius 2 is 2.00 bits per heavy atom. The van der Waals surface area contributed by atoms with Gasteiger partial charge in [-0.1, -0.05) is 17.7 Å². The molecule has 3 heterocycles. The predicted molar refractivity (Wildman–Crippen MR) is 138 cm³/mol. The Morgan fingerprint density at radius 3 is 2.67 bits per heavy atom. The Hall–Kier alpha value is -2.47. The van der Waals surface area contributed by atoms with Gasteiger partial charge in [0.2, 0.25) is 15.9 Å². The maximum Gasteiger partial charge on any atom is 0.410 e. The molecule has 2 aromatic rings. The van der Waals surface area contributed by atoms with Crippen molar-refractivity contribution in [3.05, 3.63) is 55.8 Å². The van der Waals surface area contributed by atoms with E-state index in [4.69, 9.17) is 16.3 Å². The fourth-order valence-electron chi connectivity index (χ4n) is 4.13. The highest BCUT2D eigenvalue weighted by molar-refractivity contribution is 7.92. The maximum absolute atomic E-state index is 15.5. The molecule has 0 unspecified atom stereocenters. The molecule has 2 aliphatic rings. The smallest absolute Gasteiger partial charge is 0.410 e. The van der Waals surface area contributed by atoms with Crippen LogP contribution >= 0.6 is 22.9 Å². The zero-order valence-corrected chi connectivity index (χ0v) is 22.5. The van der Waals surface area contributed by atoms with Crippen LogP contribution in [-0.2, 0) is 32.5 Å². The Balaban J connectivity index is 1.44. The Morgan fingerprint density at radius 1 is 1.25 bits per heavy atom. The molecule has 1 atom stereocenters. The Labute approximate surface area is 218 Å². The van der Waals surface area contributed by atoms with Crippen LogP contribution in [-0.4, -0.2) is 50.1 Å². The number of rotatable bonds is 5. The highest BCUT2D eigenvalue weighted by Crippen LogP contribution is 2.32. The van der Waals surface area contributed by atoms with Gasteiger partial charge in [0.25, 0.3) is 0 Å². The molecule has 0 spiro atoms. The molecule has 1 saturated heterocycles. The van der Waals surface area contributed by atoms with Crippen LogP contribution in [0, 0.1) is 5.82 Å². The number of amides is 2. The summed E-state index contributed by atoms with van der Waals surface area (Å²) in [5, 5.41) is 0.987. The highest BCUT2D eigenvalue weighted by atomic mass is 35.5. The second-order valence-electron chi connectivity index (χ2n) is 9.63. The van der Waals surface area contributed by atoms with Gasteiger partial charge in [-0.15, -0.1) is 11.3 Å². The third kappa shape index (κ3) is 6.08. The van der Waals surface area contributed by atoms with Crippen LogP contribution in [0.3, 0.4) is 0 Å². The molecule has 0 bridgehead atoms. The number of sulfonamides is 1. The SMILES string of the molecule is CC(C)(C)OC(=O)N1CCc2c(ccc(N3CC[C@H](NS(=O)(=O)C=Cc4ccc(Cl)s4)C3=O)c2F)C1. The lowest BCUT2D eigenvalue weighted by molar-refractivity contribution is -0.118. The molecule has 194 valence electrons. The minimum Gasteiger partial charge on any atom is -0.444 e. The van der Waals surface area contributed by atoms with E-state index in [9.17, 15) is 18.0 Å². The number of halogens is 2. The Kier molecular flexibility index (Phi) is 7.47. The summed E-state index contributed by atoms with van der Waals surface area (Å²) in [4.78, 5) is 28.8. The zero-order valence-electron chi connectivity index (χ0n) is 20.1. The van der Waals surface area contributed by atoms with E-state index in [-0.39, 0.29) is 31.6 Å². The lowest BCUT2D eigenvalue weighted by Crippen LogP contribution is -2.41. The lowest BCUT2D eigenvalue weighted by Gasteiger charge is -2.32. The molecule has 1 aromatic carbocycles. The first kappa shape index (κ1) is 26.6. The molecule has 2 aliphatic heterocycles. The van der Waals surface area contributed by atoms with Crippen LogP contribution < -0.4 is 9.62 Å². The van der Waals surface area contributed by atoms with Crippen LogP contribution in [0.2, 0.25) is 4.34 Å². The van der Waals surface area contributed by atoms with Crippen LogP contribution in [0.1, 0.15) is 43.2 Å². The van der Waals surface area contributed by atoms with Gasteiger partial charge in [0.05, 0.1) is 10.0 Å². The second kappa shape index (κ2) is 10.1. The maximum atomic E-state index is 15.5. The van der Waals surface area contributed by atoms with E-state index in [1.807, 2.05) is 0 Å². The van der Waals surface area contributed by atoms with Crippen molar-refractivity contribution in [3.63, 3.8) is 0 Å². The average Bonchev–Trinajstić information content (AvgIpc) is 3.36. The number of benzene rings is 1. The topological polar surface area (TPSA) is 96.0 Å². The van der Waals surface area contributed by atoms with Gasteiger partial charge in [0.15, 0.2) is 5.82 Å². The second-order valence-corrected chi connectivity index (χ2v) is 13.0. The third-order valence-electron chi connectivity index (χ3n) is 5.77. The number of fused-ring (bicyclic) bond motifs is 1. The lowest BCUT2D eigenvalue weighted by atomic mass is 9.98. The zero-order chi connectivity index (χ0) is 26.3. The van der Waals surface area contributed by atoms with Gasteiger partial charge in [0.1, 0.15) is 11.6 Å². The van der Waals surface area contributed by atoms with E-state index in [2.05, 4.69) is 4.72 Å². The van der Waals surface area contributed by atoms with E-state index >= 15 is 4.39 Å². The number of thiophene rings is 1. The monoisotopic (exact) mass is 555 g/mol. The van der Waals surface area contributed by atoms with E-state index in [1.54, 1.807) is 39.0 Å². The molecule has 12 heteroatoms. The summed E-state index contributed by atoms with van der Waals surface area (Å²) in [5.74, 6) is -1.04. The van der Waals surface area contributed by atoms with Gasteiger partial charge in [0, 0.05) is 29.9 Å². The van der Waals surface area contributed by atoms with Crippen molar-refractivity contribution in [3.8, 4) is 0 Å². The van der Waals surface area contributed by atoms with Crippen molar-refractivity contribution in [1.82, 2.24) is 9.62 Å². The normalized spacial score (nSPS) is 18.7. The van der Waals surface area contributed by atoms with Crippen LogP contribution in [0.5, 0.6) is 0 Å². The summed E-state index contributed by atoms with van der Waals surface area (Å²) in [6, 6.07) is 5.55. The number of anilines is 1. The highest BCUT2D eigenvalue weighted by Gasteiger charge is 2.37. The third-order valence-corrected chi connectivity index (χ3v) is 8.08. The van der Waals surface area contributed by atoms with E-state index in [1.165, 1.54) is 33.3 Å². The van der Waals surface area contributed by atoms with E-state index < -0.39 is 39.5 Å². The van der Waals surface area contributed by atoms with Crippen molar-refractivity contribution in [2.24, 2.45) is 0 Å². The predicted octanol–water partition coefficient (Wildman–Crippen LogP) is 4.53. The molecular weight excluding hydrogens is 529 g/mol. The average molecular weight is 556 g/mol. The van der Waals surface area contributed by atoms with E-state index in [0.717, 1.165) is 5.41 Å². The fourth-order valence-corrected chi connectivity index (χ4v) is 6.20. The van der Waals surface area contributed by atoms with Gasteiger partial charge < -0.3 is 14.5 Å². The molecule has 4 rings (SSSR count). The van der Waals surface area contributed by atoms with Crippen molar-refractivity contribution < 1.29 is 27.1 Å². The number of hydrogen-bond acceptors (Lipinski definition) is 6. The van der Waals surface area contributed by atoms with E-state index in [0.29, 0.717) is 26.9 Å². The summed E-state index contributed by atoms with van der Waals surface area (Å²) in [6.07, 6.45) is 1.43. The van der Waals surface area contributed by atoms with Gasteiger partial charge in [-0.3, -0.25) is 4.79 Å². The summed E-state index contributed by atoms with van der Waals surface area (Å²) in [6.45, 7) is 6.03. The van der Waals surface area contributed by atoms with Crippen LogP contribution in [0.15, 0.2) is 29.7 Å². The first-order chi connectivity index (χ1) is 16.8. The molecule has 2 amide bonds. The van der Waals surface area contributed by atoms with Crippen molar-refractivity contribution in [1.29, 1.82) is 0 Å². The number of carbonyl (C=O) groups excluding carboxylic acids is 2. The summed E-state index contributed by atoms with van der Waals surface area (Å²) < 4.78 is 48.7. The number of nitrogens with zero attached hydrogens (tertiary/aromatic N) is 2. The number of nitrogens with one attached hydrogen (secondary N) is 1. The van der Waals surface area contributed by atoms with Crippen molar-refractivity contribution in [2.45, 2.75) is 51.8 Å². The van der Waals surface area contributed by atoms with Crippen molar-refractivity contribution >= 4 is 56.7 Å². The molecule has 1 N–H and O–H groups in total. The minimum absolute atomic E-state index is 0.106. The molecule has 0 saturated carbocycles. The Bertz CT molecular complexity index is 1320. The summed E-state index contributed by atoms with van der Waals surface area (Å²) in [5.41, 5.74) is 0.571. The first-order valence-electron chi connectivity index (χ1n) is 11.4.